The average Bonchev–Trinajstić information content (AvgIpc) is 2.58. The Labute approximate surface area is 125 Å². The number of halogens is 2. The summed E-state index contributed by atoms with van der Waals surface area (Å²) in [6, 6.07) is -0.944. The zero-order chi connectivity index (χ0) is 16.6. The van der Waals surface area contributed by atoms with Crippen LogP contribution in [0.4, 0.5) is 8.78 Å². The van der Waals surface area contributed by atoms with Gasteiger partial charge in [0.25, 0.3) is 5.91 Å². The summed E-state index contributed by atoms with van der Waals surface area (Å²) < 4.78 is 24.9. The van der Waals surface area contributed by atoms with E-state index in [1.165, 1.54) is 0 Å². The van der Waals surface area contributed by atoms with Gasteiger partial charge in [-0.2, -0.15) is 8.78 Å². The van der Waals surface area contributed by atoms with Crippen molar-refractivity contribution >= 4 is 11.8 Å². The fourth-order valence-electron chi connectivity index (χ4n) is 2.49. The first kappa shape index (κ1) is 17.9. The Morgan fingerprint density at radius 1 is 1.29 bits per heavy atom. The molecule has 122 valence electrons. The lowest BCUT2D eigenvalue weighted by atomic mass is 9.83. The lowest BCUT2D eigenvalue weighted by molar-refractivity contribution is -0.142. The Morgan fingerprint density at radius 2 is 1.81 bits per heavy atom. The van der Waals surface area contributed by atoms with Gasteiger partial charge in [0.2, 0.25) is 5.91 Å². The molecule has 0 aromatic rings. The molecule has 0 radical (unpaired) electrons. The van der Waals surface area contributed by atoms with Crippen LogP contribution in [0.25, 0.3) is 0 Å². The highest BCUT2D eigenvalue weighted by molar-refractivity contribution is 5.89. The number of hydrogen-bond acceptors (Lipinski definition) is 2. The number of rotatable bonds is 3. The third-order valence-corrected chi connectivity index (χ3v) is 4.34. The maximum atomic E-state index is 12.6. The van der Waals surface area contributed by atoms with Crippen molar-refractivity contribution in [1.82, 2.24) is 10.2 Å². The third kappa shape index (κ3) is 4.14. The van der Waals surface area contributed by atoms with Gasteiger partial charge in [0.1, 0.15) is 6.04 Å². The summed E-state index contributed by atoms with van der Waals surface area (Å²) in [5.74, 6) is -1.35. The normalized spacial score (nSPS) is 23.3. The molecule has 1 rings (SSSR count). The van der Waals surface area contributed by atoms with Gasteiger partial charge in [0.15, 0.2) is 0 Å². The molecule has 0 bridgehead atoms. The van der Waals surface area contributed by atoms with Gasteiger partial charge in [-0.15, -0.1) is 0 Å². The molecule has 1 N–H and O–H groups in total. The smallest absolute Gasteiger partial charge is 0.315 e. The molecule has 6 heteroatoms. The second kappa shape index (κ2) is 5.89. The molecule has 1 heterocycles. The molecule has 0 aliphatic carbocycles. The average molecular weight is 304 g/mol. The summed E-state index contributed by atoms with van der Waals surface area (Å²) in [6.07, 6.45) is -3.11. The van der Waals surface area contributed by atoms with Crippen LogP contribution in [-0.4, -0.2) is 42.3 Å². The fourth-order valence-corrected chi connectivity index (χ4v) is 2.49. The van der Waals surface area contributed by atoms with Crippen LogP contribution < -0.4 is 5.32 Å². The molecule has 0 saturated carbocycles. The predicted octanol–water partition coefficient (Wildman–Crippen LogP) is 2.29. The number of nitrogens with one attached hydrogen (secondary N) is 1. The van der Waals surface area contributed by atoms with E-state index < -0.39 is 23.8 Å². The van der Waals surface area contributed by atoms with Gasteiger partial charge < -0.3 is 10.2 Å². The minimum atomic E-state index is -3.11. The second-order valence-electron chi connectivity index (χ2n) is 7.72. The molecular weight excluding hydrogens is 278 g/mol. The largest absolute Gasteiger partial charge is 0.340 e. The zero-order valence-electron chi connectivity index (χ0n) is 13.7. The number of amides is 2. The van der Waals surface area contributed by atoms with Crippen LogP contribution in [0, 0.1) is 16.7 Å². The van der Waals surface area contributed by atoms with E-state index in [-0.39, 0.29) is 11.3 Å². The van der Waals surface area contributed by atoms with Gasteiger partial charge in [-0.1, -0.05) is 41.5 Å². The Morgan fingerprint density at radius 3 is 2.14 bits per heavy atom. The van der Waals surface area contributed by atoms with E-state index in [1.807, 2.05) is 0 Å². The maximum Gasteiger partial charge on any atom is 0.315 e. The van der Waals surface area contributed by atoms with E-state index in [2.05, 4.69) is 26.1 Å². The van der Waals surface area contributed by atoms with E-state index in [0.717, 1.165) is 0 Å². The predicted molar refractivity (Wildman–Crippen MR) is 76.9 cm³/mol. The molecule has 4 nitrogen and oxygen atoms in total. The van der Waals surface area contributed by atoms with Gasteiger partial charge in [-0.3, -0.25) is 9.59 Å². The Bertz CT molecular complexity index is 416. The van der Waals surface area contributed by atoms with Crippen molar-refractivity contribution in [2.45, 2.75) is 54.0 Å². The molecule has 1 aliphatic heterocycles. The van der Waals surface area contributed by atoms with E-state index in [1.54, 1.807) is 25.7 Å². The quantitative estimate of drug-likeness (QED) is 0.869. The second-order valence-corrected chi connectivity index (χ2v) is 7.72. The first-order chi connectivity index (χ1) is 9.36. The Hall–Kier alpha value is -1.20. The van der Waals surface area contributed by atoms with Crippen molar-refractivity contribution < 1.29 is 18.4 Å². The molecule has 1 fully saturated rings. The van der Waals surface area contributed by atoms with Gasteiger partial charge in [0, 0.05) is 13.1 Å². The summed E-state index contributed by atoms with van der Waals surface area (Å²) in [4.78, 5) is 25.6. The third-order valence-electron chi connectivity index (χ3n) is 4.34. The molecule has 0 aromatic carbocycles. The summed E-state index contributed by atoms with van der Waals surface area (Å²) in [5.41, 5.74) is -0.636. The highest BCUT2D eigenvalue weighted by Crippen LogP contribution is 2.36. The number of nitrogens with zero attached hydrogens (tertiary/aromatic N) is 1. The van der Waals surface area contributed by atoms with Gasteiger partial charge >= 0.3 is 6.43 Å². The van der Waals surface area contributed by atoms with Crippen molar-refractivity contribution in [1.29, 1.82) is 0 Å². The SMILES string of the molecule is CC1CN(C(=O)C(NC(=O)C(F)F)C(C)(C)C)CC1(C)C. The number of hydrogen-bond donors (Lipinski definition) is 1. The first-order valence-corrected chi connectivity index (χ1v) is 7.23. The zero-order valence-corrected chi connectivity index (χ0v) is 13.7. The van der Waals surface area contributed by atoms with Gasteiger partial charge in [-0.25, -0.2) is 0 Å². The molecule has 0 aromatic heterocycles. The molecule has 1 saturated heterocycles. The van der Waals surface area contributed by atoms with Crippen molar-refractivity contribution in [2.24, 2.45) is 16.7 Å². The number of alkyl halides is 2. The van der Waals surface area contributed by atoms with Crippen molar-refractivity contribution in [3.8, 4) is 0 Å². The van der Waals surface area contributed by atoms with E-state index in [9.17, 15) is 18.4 Å². The monoisotopic (exact) mass is 304 g/mol. The minimum absolute atomic E-state index is 0.00911. The number of carbonyl (C=O) groups excluding carboxylic acids is 2. The van der Waals surface area contributed by atoms with Crippen LogP contribution in [0.3, 0.4) is 0 Å². The topological polar surface area (TPSA) is 49.4 Å². The van der Waals surface area contributed by atoms with Crippen LogP contribution in [0.2, 0.25) is 0 Å². The maximum absolute atomic E-state index is 12.6. The van der Waals surface area contributed by atoms with Crippen LogP contribution in [-0.2, 0) is 9.59 Å². The van der Waals surface area contributed by atoms with Crippen molar-refractivity contribution in [2.75, 3.05) is 13.1 Å². The van der Waals surface area contributed by atoms with E-state index in [0.29, 0.717) is 19.0 Å². The van der Waals surface area contributed by atoms with Crippen molar-refractivity contribution in [3.05, 3.63) is 0 Å². The molecule has 2 atom stereocenters. The lowest BCUT2D eigenvalue weighted by Gasteiger charge is -2.33. The summed E-state index contributed by atoms with van der Waals surface area (Å²) in [5, 5.41) is 2.20. The molecular formula is C15H26F2N2O2. The lowest BCUT2D eigenvalue weighted by Crippen LogP contribution is -2.55. The van der Waals surface area contributed by atoms with Gasteiger partial charge in [-0.05, 0) is 16.7 Å². The Balaban J connectivity index is 2.90. The van der Waals surface area contributed by atoms with Crippen LogP contribution in [0.1, 0.15) is 41.5 Å². The van der Waals surface area contributed by atoms with Crippen LogP contribution >= 0.6 is 0 Å². The molecule has 21 heavy (non-hydrogen) atoms. The molecule has 2 amide bonds. The Kier molecular flexibility index (Phi) is 5.01. The van der Waals surface area contributed by atoms with Crippen LogP contribution in [0.5, 0.6) is 0 Å². The molecule has 1 aliphatic rings. The number of likely N-dealkylation sites (tertiary alicyclic amines) is 1. The van der Waals surface area contributed by atoms with Crippen LogP contribution in [0.15, 0.2) is 0 Å². The summed E-state index contributed by atoms with van der Waals surface area (Å²) in [6.45, 7) is 12.7. The highest BCUT2D eigenvalue weighted by Gasteiger charge is 2.43. The summed E-state index contributed by atoms with van der Waals surface area (Å²) >= 11 is 0. The van der Waals surface area contributed by atoms with E-state index >= 15 is 0 Å². The molecule has 0 spiro atoms. The fraction of sp³-hybridized carbons (Fsp3) is 0.867. The summed E-state index contributed by atoms with van der Waals surface area (Å²) in [7, 11) is 0. The number of carbonyl (C=O) groups is 2. The standard InChI is InChI=1S/C15H26F2N2O2/c1-9-7-19(8-15(9,5)6)13(21)10(14(2,3)4)18-12(20)11(16)17/h9-11H,7-8H2,1-6H3,(H,18,20). The van der Waals surface area contributed by atoms with E-state index in [4.69, 9.17) is 0 Å². The van der Waals surface area contributed by atoms with Crippen molar-refractivity contribution in [3.63, 3.8) is 0 Å². The van der Waals surface area contributed by atoms with Gasteiger partial charge in [0.05, 0.1) is 0 Å². The minimum Gasteiger partial charge on any atom is -0.340 e. The highest BCUT2D eigenvalue weighted by atomic mass is 19.3. The molecule has 2 unspecified atom stereocenters. The first-order valence-electron chi connectivity index (χ1n) is 7.23.